The van der Waals surface area contributed by atoms with E-state index in [0.29, 0.717) is 6.54 Å². The third kappa shape index (κ3) is 1.81. The summed E-state index contributed by atoms with van der Waals surface area (Å²) in [5.74, 6) is 0. The van der Waals surface area contributed by atoms with Gasteiger partial charge in [-0.3, -0.25) is 0 Å². The van der Waals surface area contributed by atoms with Crippen molar-refractivity contribution < 1.29 is 5.11 Å². The van der Waals surface area contributed by atoms with E-state index in [1.54, 1.807) is 11.0 Å². The largest absolute Gasteiger partial charge is 0.392 e. The highest BCUT2D eigenvalue weighted by atomic mass is 16.3. The first-order valence-corrected chi connectivity index (χ1v) is 5.39. The Kier molecular flexibility index (Phi) is 2.38. The van der Waals surface area contributed by atoms with Crippen molar-refractivity contribution in [1.82, 2.24) is 19.7 Å². The van der Waals surface area contributed by atoms with E-state index in [-0.39, 0.29) is 6.61 Å². The summed E-state index contributed by atoms with van der Waals surface area (Å²) in [5.41, 5.74) is 3.09. The molecule has 0 bridgehead atoms. The van der Waals surface area contributed by atoms with Gasteiger partial charge in [-0.2, -0.15) is 5.10 Å². The number of benzene rings is 1. The zero-order valence-corrected chi connectivity index (χ0v) is 9.17. The molecule has 2 N–H and O–H groups in total. The molecule has 5 nitrogen and oxygen atoms in total. The molecule has 0 aliphatic heterocycles. The van der Waals surface area contributed by atoms with Crippen LogP contribution in [0.1, 0.15) is 11.1 Å². The Hall–Kier alpha value is -2.14. The minimum atomic E-state index is 0.0484. The van der Waals surface area contributed by atoms with Gasteiger partial charge in [0.1, 0.15) is 12.7 Å². The predicted molar refractivity (Wildman–Crippen MR) is 63.3 cm³/mol. The number of hydrogen-bond acceptors (Lipinski definition) is 3. The summed E-state index contributed by atoms with van der Waals surface area (Å²) in [6.45, 7) is 0.735. The van der Waals surface area contributed by atoms with Crippen LogP contribution in [0.2, 0.25) is 0 Å². The molecule has 0 fully saturated rings. The van der Waals surface area contributed by atoms with E-state index in [0.717, 1.165) is 22.0 Å². The molecule has 0 aliphatic carbocycles. The first-order chi connectivity index (χ1) is 8.36. The van der Waals surface area contributed by atoms with Crippen molar-refractivity contribution in [2.24, 2.45) is 0 Å². The molecule has 1 aromatic carbocycles. The van der Waals surface area contributed by atoms with Gasteiger partial charge in [0.2, 0.25) is 0 Å². The number of aromatic amines is 1. The molecule has 0 aliphatic rings. The molecule has 0 amide bonds. The lowest BCUT2D eigenvalue weighted by Crippen LogP contribution is -1.99. The highest BCUT2D eigenvalue weighted by Crippen LogP contribution is 2.20. The molecule has 3 rings (SSSR count). The second kappa shape index (κ2) is 4.03. The van der Waals surface area contributed by atoms with E-state index >= 15 is 0 Å². The minimum absolute atomic E-state index is 0.0484. The van der Waals surface area contributed by atoms with Gasteiger partial charge in [0, 0.05) is 22.7 Å². The maximum atomic E-state index is 9.22. The van der Waals surface area contributed by atoms with Gasteiger partial charge in [-0.15, -0.1) is 0 Å². The zero-order chi connectivity index (χ0) is 11.7. The summed E-state index contributed by atoms with van der Waals surface area (Å²) in [7, 11) is 0. The fraction of sp³-hybridized carbons (Fsp3) is 0.167. The molecule has 0 unspecified atom stereocenters. The molecule has 0 radical (unpaired) electrons. The van der Waals surface area contributed by atoms with Gasteiger partial charge in [-0.05, 0) is 17.7 Å². The quantitative estimate of drug-likeness (QED) is 0.710. The van der Waals surface area contributed by atoms with E-state index < -0.39 is 0 Å². The fourth-order valence-corrected chi connectivity index (χ4v) is 1.96. The molecule has 2 heterocycles. The molecular weight excluding hydrogens is 216 g/mol. The van der Waals surface area contributed by atoms with Crippen LogP contribution in [-0.2, 0) is 13.2 Å². The Balaban J connectivity index is 2.00. The number of aliphatic hydroxyl groups excluding tert-OH is 1. The summed E-state index contributed by atoms with van der Waals surface area (Å²) in [5, 5.41) is 14.4. The lowest BCUT2D eigenvalue weighted by Gasteiger charge is -2.02. The predicted octanol–water partition coefficient (Wildman–Crippen LogP) is 1.30. The molecule has 0 spiro atoms. The van der Waals surface area contributed by atoms with Crippen molar-refractivity contribution in [3.8, 4) is 0 Å². The fourth-order valence-electron chi connectivity index (χ4n) is 1.96. The van der Waals surface area contributed by atoms with Crippen LogP contribution in [0.15, 0.2) is 37.1 Å². The molecule has 86 valence electrons. The summed E-state index contributed by atoms with van der Waals surface area (Å²) in [6, 6.07) is 6.13. The number of fused-ring (bicyclic) bond motifs is 1. The van der Waals surface area contributed by atoms with Crippen LogP contribution in [-0.4, -0.2) is 24.9 Å². The number of aliphatic hydroxyl groups is 1. The highest BCUT2D eigenvalue weighted by Gasteiger charge is 2.04. The van der Waals surface area contributed by atoms with Gasteiger partial charge in [-0.25, -0.2) is 9.67 Å². The lowest BCUT2D eigenvalue weighted by atomic mass is 10.1. The van der Waals surface area contributed by atoms with Crippen LogP contribution < -0.4 is 0 Å². The van der Waals surface area contributed by atoms with E-state index in [1.165, 1.54) is 6.33 Å². The number of nitrogens with zero attached hydrogens (tertiary/aromatic N) is 3. The zero-order valence-electron chi connectivity index (χ0n) is 9.17. The summed E-state index contributed by atoms with van der Waals surface area (Å²) >= 11 is 0. The SMILES string of the molecule is OCc1c[nH]c2ccc(Cn3cncn3)cc12. The average Bonchev–Trinajstić information content (AvgIpc) is 2.97. The Morgan fingerprint density at radius 1 is 1.35 bits per heavy atom. The van der Waals surface area contributed by atoms with Gasteiger partial charge >= 0.3 is 0 Å². The van der Waals surface area contributed by atoms with Crippen molar-refractivity contribution in [1.29, 1.82) is 0 Å². The second-order valence-corrected chi connectivity index (χ2v) is 3.95. The Labute approximate surface area is 97.7 Å². The molecule has 3 aromatic rings. The van der Waals surface area contributed by atoms with Crippen LogP contribution >= 0.6 is 0 Å². The normalized spacial score (nSPS) is 11.1. The first kappa shape index (κ1) is 10.0. The minimum Gasteiger partial charge on any atom is -0.392 e. The van der Waals surface area contributed by atoms with Gasteiger partial charge in [0.15, 0.2) is 0 Å². The van der Waals surface area contributed by atoms with Crippen molar-refractivity contribution in [3.63, 3.8) is 0 Å². The second-order valence-electron chi connectivity index (χ2n) is 3.95. The molecule has 0 atom stereocenters. The highest BCUT2D eigenvalue weighted by molar-refractivity contribution is 5.83. The molecule has 17 heavy (non-hydrogen) atoms. The maximum Gasteiger partial charge on any atom is 0.137 e. The van der Waals surface area contributed by atoms with Crippen LogP contribution in [0, 0.1) is 0 Å². The van der Waals surface area contributed by atoms with Gasteiger partial charge in [0.25, 0.3) is 0 Å². The van der Waals surface area contributed by atoms with Gasteiger partial charge in [-0.1, -0.05) is 6.07 Å². The number of hydrogen-bond donors (Lipinski definition) is 2. The molecule has 5 heteroatoms. The van der Waals surface area contributed by atoms with E-state index in [1.807, 2.05) is 18.3 Å². The summed E-state index contributed by atoms with van der Waals surface area (Å²) in [4.78, 5) is 7.04. The standard InChI is InChI=1S/C12H12N4O/c17-6-10-4-14-12-2-1-9(3-11(10)12)5-16-8-13-7-15-16/h1-4,7-8,14,17H,5-6H2. The van der Waals surface area contributed by atoms with Crippen LogP contribution in [0.4, 0.5) is 0 Å². The Morgan fingerprint density at radius 2 is 2.29 bits per heavy atom. The monoisotopic (exact) mass is 228 g/mol. The number of aromatic nitrogens is 4. The van der Waals surface area contributed by atoms with Crippen molar-refractivity contribution in [2.75, 3.05) is 0 Å². The lowest BCUT2D eigenvalue weighted by molar-refractivity contribution is 0.283. The van der Waals surface area contributed by atoms with Crippen LogP contribution in [0.5, 0.6) is 0 Å². The van der Waals surface area contributed by atoms with Crippen LogP contribution in [0.3, 0.4) is 0 Å². The van der Waals surface area contributed by atoms with Crippen molar-refractivity contribution in [2.45, 2.75) is 13.2 Å². The van der Waals surface area contributed by atoms with Crippen molar-refractivity contribution >= 4 is 10.9 Å². The average molecular weight is 228 g/mol. The van der Waals surface area contributed by atoms with Gasteiger partial charge in [0.05, 0.1) is 13.2 Å². The number of H-pyrrole nitrogens is 1. The summed E-state index contributed by atoms with van der Waals surface area (Å²) < 4.78 is 1.77. The van der Waals surface area contributed by atoms with Crippen LogP contribution in [0.25, 0.3) is 10.9 Å². The Bertz CT molecular complexity index is 627. The molecule has 2 aromatic heterocycles. The topological polar surface area (TPSA) is 66.7 Å². The van der Waals surface area contributed by atoms with Gasteiger partial charge < -0.3 is 10.1 Å². The first-order valence-electron chi connectivity index (χ1n) is 5.39. The molecule has 0 saturated heterocycles. The van der Waals surface area contributed by atoms with Crippen molar-refractivity contribution in [3.05, 3.63) is 48.2 Å². The van der Waals surface area contributed by atoms with E-state index in [2.05, 4.69) is 21.1 Å². The molecule has 0 saturated carbocycles. The third-order valence-corrected chi connectivity index (χ3v) is 2.81. The molecular formula is C12H12N4O. The smallest absolute Gasteiger partial charge is 0.137 e. The third-order valence-electron chi connectivity index (χ3n) is 2.81. The number of rotatable bonds is 3. The van der Waals surface area contributed by atoms with E-state index in [4.69, 9.17) is 0 Å². The summed E-state index contributed by atoms with van der Waals surface area (Å²) in [6.07, 6.45) is 5.05. The Morgan fingerprint density at radius 3 is 3.06 bits per heavy atom. The van der Waals surface area contributed by atoms with E-state index in [9.17, 15) is 5.11 Å². The maximum absolute atomic E-state index is 9.22. The number of nitrogens with one attached hydrogen (secondary N) is 1.